The van der Waals surface area contributed by atoms with Gasteiger partial charge in [0.05, 0.1) is 27.5 Å². The van der Waals surface area contributed by atoms with Crippen LogP contribution in [0.3, 0.4) is 0 Å². The van der Waals surface area contributed by atoms with Crippen molar-refractivity contribution in [2.45, 2.75) is 24.9 Å². The molecule has 0 aliphatic carbocycles. The molecule has 2 heterocycles. The van der Waals surface area contributed by atoms with E-state index in [2.05, 4.69) is 21.0 Å². The van der Waals surface area contributed by atoms with Gasteiger partial charge in [-0.1, -0.05) is 29.3 Å². The number of carbonyl (C=O) groups is 4. The summed E-state index contributed by atoms with van der Waals surface area (Å²) in [4.78, 5) is 48.9. The predicted molar refractivity (Wildman–Crippen MR) is 122 cm³/mol. The Balaban J connectivity index is 1.85. The molecule has 12 nitrogen and oxygen atoms in total. The Morgan fingerprint density at radius 1 is 1.21 bits per heavy atom. The summed E-state index contributed by atoms with van der Waals surface area (Å²) in [7, 11) is 0. The van der Waals surface area contributed by atoms with Gasteiger partial charge in [0.15, 0.2) is 5.69 Å². The lowest BCUT2D eigenvalue weighted by Gasteiger charge is -2.23. The number of carboxylic acid groups (broad SMARTS) is 1. The normalized spacial score (nSPS) is 14.8. The monoisotopic (exact) mass is 512 g/mol. The number of anilines is 1. The average Bonchev–Trinajstić information content (AvgIpc) is 3.21. The lowest BCUT2D eigenvalue weighted by molar-refractivity contribution is -0.139. The number of nitrogens with one attached hydrogen (secondary N) is 3. The zero-order chi connectivity index (χ0) is 24.8. The number of piperidine rings is 1. The van der Waals surface area contributed by atoms with E-state index in [0.29, 0.717) is 17.5 Å². The molecule has 0 radical (unpaired) electrons. The molecule has 2 amide bonds. The van der Waals surface area contributed by atoms with Crippen LogP contribution in [-0.4, -0.2) is 70.5 Å². The quantitative estimate of drug-likeness (QED) is 0.365. The van der Waals surface area contributed by atoms with E-state index in [1.165, 1.54) is 12.1 Å². The summed E-state index contributed by atoms with van der Waals surface area (Å²) < 4.78 is 5.50. The molecule has 6 N–H and O–H groups in total. The summed E-state index contributed by atoms with van der Waals surface area (Å²) in [6, 6.07) is 2.94. The molecule has 1 aromatic carbocycles. The number of nitrogens with two attached hydrogens (primary N) is 1. The molecule has 1 aliphatic rings. The number of aliphatic carboxylic acids is 1. The predicted octanol–water partition coefficient (Wildman–Crippen LogP) is 1.32. The Morgan fingerprint density at radius 2 is 1.85 bits per heavy atom. The van der Waals surface area contributed by atoms with Gasteiger partial charge in [0.1, 0.15) is 12.6 Å². The maximum absolute atomic E-state index is 12.9. The highest BCUT2D eigenvalue weighted by Gasteiger charge is 2.26. The van der Waals surface area contributed by atoms with E-state index in [4.69, 9.17) is 38.8 Å². The van der Waals surface area contributed by atoms with E-state index in [0.717, 1.165) is 19.3 Å². The fraction of sp³-hybridized carbons (Fsp3) is 0.350. The lowest BCUT2D eigenvalue weighted by Crippen LogP contribution is -2.43. The topological polar surface area (TPSA) is 178 Å². The highest BCUT2D eigenvalue weighted by molar-refractivity contribution is 6.40. The van der Waals surface area contributed by atoms with Gasteiger partial charge in [-0.15, -0.1) is 0 Å². The summed E-state index contributed by atoms with van der Waals surface area (Å²) >= 11 is 12.2. The van der Waals surface area contributed by atoms with Crippen LogP contribution in [0.1, 0.15) is 33.7 Å². The number of ether oxygens (including phenoxy) is 1. The van der Waals surface area contributed by atoms with E-state index in [1.807, 2.05) is 0 Å². The van der Waals surface area contributed by atoms with Crippen LogP contribution in [0, 0.1) is 0 Å². The standard InChI is InChI=1S/C20H22Cl2N6O6/c21-11-2-1-3-12(22)15(11)17(29)26-14-8-28(20(33)34-9-13(23)19(31)32)27-16(14)18(30)25-10-4-6-24-7-5-10/h1-3,8,10,13,24H,4-7,9,23H2,(H,25,30)(H,26,29)(H,31,32). The maximum atomic E-state index is 12.9. The number of carboxylic acids is 1. The van der Waals surface area contributed by atoms with Crippen molar-refractivity contribution in [1.29, 1.82) is 0 Å². The molecule has 182 valence electrons. The second kappa shape index (κ2) is 11.3. The number of hydrogen-bond acceptors (Lipinski definition) is 8. The number of amides is 2. The molecule has 0 bridgehead atoms. The van der Waals surface area contributed by atoms with Gasteiger partial charge in [0, 0.05) is 6.04 Å². The highest BCUT2D eigenvalue weighted by atomic mass is 35.5. The van der Waals surface area contributed by atoms with Crippen LogP contribution in [-0.2, 0) is 9.53 Å². The van der Waals surface area contributed by atoms with Gasteiger partial charge >= 0.3 is 12.1 Å². The largest absolute Gasteiger partial charge is 0.480 e. The summed E-state index contributed by atoms with van der Waals surface area (Å²) in [5.74, 6) is -2.71. The smallest absolute Gasteiger partial charge is 0.434 e. The maximum Gasteiger partial charge on any atom is 0.434 e. The van der Waals surface area contributed by atoms with Crippen molar-refractivity contribution in [3.63, 3.8) is 0 Å². The third-order valence-electron chi connectivity index (χ3n) is 4.93. The van der Waals surface area contributed by atoms with Gasteiger partial charge in [-0.05, 0) is 38.1 Å². The first-order valence-electron chi connectivity index (χ1n) is 10.2. The van der Waals surface area contributed by atoms with Crippen molar-refractivity contribution >= 4 is 52.8 Å². The van der Waals surface area contributed by atoms with Crippen molar-refractivity contribution in [2.24, 2.45) is 5.73 Å². The highest BCUT2D eigenvalue weighted by Crippen LogP contribution is 2.26. The molecule has 1 fully saturated rings. The third kappa shape index (κ3) is 6.23. The summed E-state index contributed by atoms with van der Waals surface area (Å²) in [6.45, 7) is 0.829. The minimum absolute atomic E-state index is 0.0293. The van der Waals surface area contributed by atoms with E-state index >= 15 is 0 Å². The minimum Gasteiger partial charge on any atom is -0.480 e. The van der Waals surface area contributed by atoms with Gasteiger partial charge in [0.25, 0.3) is 11.8 Å². The summed E-state index contributed by atoms with van der Waals surface area (Å²) in [6.07, 6.45) is 1.36. The zero-order valence-electron chi connectivity index (χ0n) is 17.7. The van der Waals surface area contributed by atoms with Crippen molar-refractivity contribution in [3.05, 3.63) is 45.7 Å². The van der Waals surface area contributed by atoms with Crippen LogP contribution in [0.15, 0.2) is 24.4 Å². The molecule has 1 aliphatic heterocycles. The Morgan fingerprint density at radius 3 is 2.47 bits per heavy atom. The Bertz CT molecular complexity index is 1080. The van der Waals surface area contributed by atoms with E-state index in [-0.39, 0.29) is 33.0 Å². The zero-order valence-corrected chi connectivity index (χ0v) is 19.2. The van der Waals surface area contributed by atoms with Gasteiger partial charge in [-0.25, -0.2) is 4.79 Å². The van der Waals surface area contributed by atoms with Crippen molar-refractivity contribution in [2.75, 3.05) is 25.0 Å². The van der Waals surface area contributed by atoms with Gasteiger partial charge in [-0.2, -0.15) is 9.78 Å². The number of aromatic nitrogens is 2. The first-order chi connectivity index (χ1) is 16.2. The first-order valence-corrected chi connectivity index (χ1v) is 10.9. The van der Waals surface area contributed by atoms with Crippen LogP contribution >= 0.6 is 23.2 Å². The molecule has 1 aromatic heterocycles. The lowest BCUT2D eigenvalue weighted by atomic mass is 10.1. The SMILES string of the molecule is NC(COC(=O)n1cc(NC(=O)c2c(Cl)cccc2Cl)c(C(=O)NC2CCNCC2)n1)C(=O)O. The van der Waals surface area contributed by atoms with E-state index in [9.17, 15) is 19.2 Å². The molecule has 34 heavy (non-hydrogen) atoms. The first kappa shape index (κ1) is 25.4. The second-order valence-corrected chi connectivity index (χ2v) is 8.22. The van der Waals surface area contributed by atoms with Crippen LogP contribution in [0.4, 0.5) is 10.5 Å². The minimum atomic E-state index is -1.44. The molecule has 3 rings (SSSR count). The van der Waals surface area contributed by atoms with Crippen LogP contribution in [0.5, 0.6) is 0 Å². The Labute approximate surface area is 203 Å². The van der Waals surface area contributed by atoms with E-state index < -0.39 is 36.5 Å². The second-order valence-electron chi connectivity index (χ2n) is 7.41. The summed E-state index contributed by atoms with van der Waals surface area (Å²) in [5.41, 5.74) is 4.94. The fourth-order valence-corrected chi connectivity index (χ4v) is 3.71. The van der Waals surface area contributed by atoms with Crippen LogP contribution in [0.2, 0.25) is 10.0 Å². The molecule has 1 saturated heterocycles. The molecular weight excluding hydrogens is 491 g/mol. The van der Waals surface area contributed by atoms with Crippen LogP contribution in [0.25, 0.3) is 0 Å². The Kier molecular flexibility index (Phi) is 8.45. The molecule has 14 heteroatoms. The Hall–Kier alpha value is -3.19. The van der Waals surface area contributed by atoms with Gasteiger partial charge in [-0.3, -0.25) is 14.4 Å². The summed E-state index contributed by atoms with van der Waals surface area (Å²) in [5, 5.41) is 21.4. The molecule has 1 atom stereocenters. The van der Waals surface area contributed by atoms with Crippen molar-refractivity contribution in [3.8, 4) is 0 Å². The number of halogens is 2. The van der Waals surface area contributed by atoms with Gasteiger partial charge < -0.3 is 31.5 Å². The number of benzene rings is 1. The molecule has 0 spiro atoms. The third-order valence-corrected chi connectivity index (χ3v) is 5.56. The molecule has 1 unspecified atom stereocenters. The molecular formula is C20H22Cl2N6O6. The average molecular weight is 513 g/mol. The van der Waals surface area contributed by atoms with Crippen molar-refractivity contribution < 1.29 is 29.0 Å². The van der Waals surface area contributed by atoms with Crippen molar-refractivity contribution in [1.82, 2.24) is 20.4 Å². The molecule has 2 aromatic rings. The number of hydrogen-bond donors (Lipinski definition) is 5. The molecule has 0 saturated carbocycles. The van der Waals surface area contributed by atoms with Gasteiger partial charge in [0.2, 0.25) is 0 Å². The van der Waals surface area contributed by atoms with Crippen LogP contribution < -0.4 is 21.7 Å². The van der Waals surface area contributed by atoms with E-state index in [1.54, 1.807) is 6.07 Å². The number of rotatable bonds is 7. The number of nitrogens with zero attached hydrogens (tertiary/aromatic N) is 2. The number of carbonyl (C=O) groups excluding carboxylic acids is 3. The fourth-order valence-electron chi connectivity index (χ4n) is 3.14.